The summed E-state index contributed by atoms with van der Waals surface area (Å²) in [5.41, 5.74) is 2.51. The number of halogens is 1. The fraction of sp³-hybridized carbons (Fsp3) is 0.600. The molecule has 2 aliphatic rings. The zero-order chi connectivity index (χ0) is 18.4. The number of hydrogen-bond donors (Lipinski definition) is 3. The highest BCUT2D eigenvalue weighted by atomic mass is 35.5. The summed E-state index contributed by atoms with van der Waals surface area (Å²) < 4.78 is 0. The Bertz CT molecular complexity index is 641. The molecule has 0 spiro atoms. The van der Waals surface area contributed by atoms with E-state index >= 15 is 0 Å². The van der Waals surface area contributed by atoms with Crippen molar-refractivity contribution in [2.24, 2.45) is 5.92 Å². The highest BCUT2D eigenvalue weighted by Crippen LogP contribution is 2.22. The molecule has 2 amide bonds. The lowest BCUT2D eigenvalue weighted by Crippen LogP contribution is -2.37. The Labute approximate surface area is 167 Å². The Morgan fingerprint density at radius 1 is 1.11 bits per heavy atom. The van der Waals surface area contributed by atoms with Crippen molar-refractivity contribution in [2.45, 2.75) is 39.0 Å². The standard InChI is InChI=1S/C20H30N4O2.ClH/c1-15-5-6-17(22-20(26)16-7-9-21-10-8-16)13-18(15)23-19(25)14-24-11-3-2-4-12-24;/h5-6,13,16,21H,2-4,7-12,14H2,1H3,(H,22,26)(H,23,25);1H. The van der Waals surface area contributed by atoms with Crippen LogP contribution in [0.2, 0.25) is 0 Å². The molecule has 1 aromatic rings. The maximum atomic E-state index is 12.4. The van der Waals surface area contributed by atoms with E-state index in [-0.39, 0.29) is 30.1 Å². The van der Waals surface area contributed by atoms with Gasteiger partial charge in [-0.25, -0.2) is 0 Å². The van der Waals surface area contributed by atoms with E-state index in [0.29, 0.717) is 6.54 Å². The zero-order valence-electron chi connectivity index (χ0n) is 16.1. The van der Waals surface area contributed by atoms with Gasteiger partial charge >= 0.3 is 0 Å². The number of anilines is 2. The summed E-state index contributed by atoms with van der Waals surface area (Å²) in [6.45, 7) is 6.19. The van der Waals surface area contributed by atoms with Crippen LogP contribution >= 0.6 is 12.4 Å². The summed E-state index contributed by atoms with van der Waals surface area (Å²) in [6, 6.07) is 5.70. The highest BCUT2D eigenvalue weighted by Gasteiger charge is 2.21. The molecule has 3 rings (SSSR count). The average Bonchev–Trinajstić information content (AvgIpc) is 2.66. The van der Waals surface area contributed by atoms with Crippen molar-refractivity contribution in [3.63, 3.8) is 0 Å². The van der Waals surface area contributed by atoms with E-state index in [1.54, 1.807) is 0 Å². The summed E-state index contributed by atoms with van der Waals surface area (Å²) in [5, 5.41) is 9.29. The lowest BCUT2D eigenvalue weighted by Gasteiger charge is -2.25. The Morgan fingerprint density at radius 3 is 2.52 bits per heavy atom. The van der Waals surface area contributed by atoms with Gasteiger partial charge in [0.05, 0.1) is 6.54 Å². The molecule has 2 aliphatic heterocycles. The molecule has 0 unspecified atom stereocenters. The maximum absolute atomic E-state index is 12.4. The average molecular weight is 395 g/mol. The molecule has 2 heterocycles. The first kappa shape index (κ1) is 21.7. The Kier molecular flexibility index (Phi) is 8.54. The van der Waals surface area contributed by atoms with Gasteiger partial charge in [-0.05, 0) is 76.5 Å². The van der Waals surface area contributed by atoms with E-state index < -0.39 is 0 Å². The van der Waals surface area contributed by atoms with Crippen LogP contribution < -0.4 is 16.0 Å². The van der Waals surface area contributed by atoms with Crippen molar-refractivity contribution >= 4 is 35.6 Å². The third-order valence-corrected chi connectivity index (χ3v) is 5.31. The van der Waals surface area contributed by atoms with Gasteiger partial charge in [0.2, 0.25) is 11.8 Å². The molecule has 0 radical (unpaired) electrons. The first-order valence-electron chi connectivity index (χ1n) is 9.76. The van der Waals surface area contributed by atoms with Crippen molar-refractivity contribution in [1.82, 2.24) is 10.2 Å². The van der Waals surface area contributed by atoms with Gasteiger partial charge in [0.25, 0.3) is 0 Å². The number of amides is 2. The van der Waals surface area contributed by atoms with Gasteiger partial charge in [-0.1, -0.05) is 12.5 Å². The number of rotatable bonds is 5. The van der Waals surface area contributed by atoms with E-state index in [2.05, 4.69) is 20.9 Å². The smallest absolute Gasteiger partial charge is 0.238 e. The first-order valence-corrected chi connectivity index (χ1v) is 9.76. The van der Waals surface area contributed by atoms with Gasteiger partial charge in [0.1, 0.15) is 0 Å². The normalized spacial score (nSPS) is 18.4. The van der Waals surface area contributed by atoms with Crippen molar-refractivity contribution in [3.8, 4) is 0 Å². The number of carbonyl (C=O) groups is 2. The molecule has 2 saturated heterocycles. The molecule has 150 valence electrons. The molecule has 1 aromatic carbocycles. The fourth-order valence-electron chi connectivity index (χ4n) is 3.67. The molecular formula is C20H31ClN4O2. The molecule has 27 heavy (non-hydrogen) atoms. The lowest BCUT2D eigenvalue weighted by atomic mass is 9.97. The molecule has 0 aliphatic carbocycles. The van der Waals surface area contributed by atoms with Crippen molar-refractivity contribution < 1.29 is 9.59 Å². The summed E-state index contributed by atoms with van der Waals surface area (Å²) in [6.07, 6.45) is 5.35. The summed E-state index contributed by atoms with van der Waals surface area (Å²) in [7, 11) is 0. The monoisotopic (exact) mass is 394 g/mol. The number of nitrogens with one attached hydrogen (secondary N) is 3. The van der Waals surface area contributed by atoms with Crippen LogP contribution in [0.4, 0.5) is 11.4 Å². The van der Waals surface area contributed by atoms with E-state index in [1.165, 1.54) is 19.3 Å². The van der Waals surface area contributed by atoms with E-state index in [9.17, 15) is 9.59 Å². The summed E-state index contributed by atoms with van der Waals surface area (Å²) >= 11 is 0. The second-order valence-electron chi connectivity index (χ2n) is 7.43. The molecule has 0 atom stereocenters. The molecule has 0 bridgehead atoms. The van der Waals surface area contributed by atoms with Crippen molar-refractivity contribution in [3.05, 3.63) is 23.8 Å². The molecule has 6 nitrogen and oxygen atoms in total. The van der Waals surface area contributed by atoms with Crippen LogP contribution in [0.1, 0.15) is 37.7 Å². The fourth-order valence-corrected chi connectivity index (χ4v) is 3.67. The van der Waals surface area contributed by atoms with Crippen molar-refractivity contribution in [1.29, 1.82) is 0 Å². The zero-order valence-corrected chi connectivity index (χ0v) is 16.9. The molecule has 3 N–H and O–H groups in total. The van der Waals surface area contributed by atoms with Crippen LogP contribution in [0, 0.1) is 12.8 Å². The molecular weight excluding hydrogens is 364 g/mol. The second kappa shape index (κ2) is 10.6. The maximum Gasteiger partial charge on any atom is 0.238 e. The topological polar surface area (TPSA) is 73.5 Å². The predicted molar refractivity (Wildman–Crippen MR) is 112 cm³/mol. The van der Waals surface area contributed by atoms with Gasteiger partial charge in [-0.3, -0.25) is 14.5 Å². The second-order valence-corrected chi connectivity index (χ2v) is 7.43. The minimum Gasteiger partial charge on any atom is -0.326 e. The number of nitrogens with zero attached hydrogens (tertiary/aromatic N) is 1. The molecule has 0 saturated carbocycles. The van der Waals surface area contributed by atoms with Crippen LogP contribution in [0.25, 0.3) is 0 Å². The number of benzene rings is 1. The Morgan fingerprint density at radius 2 is 1.81 bits per heavy atom. The lowest BCUT2D eigenvalue weighted by molar-refractivity contribution is -0.120. The largest absolute Gasteiger partial charge is 0.326 e. The van der Waals surface area contributed by atoms with Gasteiger partial charge in [0, 0.05) is 17.3 Å². The minimum atomic E-state index is 0. The van der Waals surface area contributed by atoms with Crippen molar-refractivity contribution in [2.75, 3.05) is 43.4 Å². The first-order chi connectivity index (χ1) is 12.6. The molecule has 0 aromatic heterocycles. The van der Waals surface area contributed by atoms with Gasteiger partial charge in [-0.15, -0.1) is 12.4 Å². The van der Waals surface area contributed by atoms with E-state index in [0.717, 1.165) is 56.0 Å². The van der Waals surface area contributed by atoms with Gasteiger partial charge in [-0.2, -0.15) is 0 Å². The van der Waals surface area contributed by atoms with E-state index in [1.807, 2.05) is 25.1 Å². The van der Waals surface area contributed by atoms with Gasteiger partial charge in [0.15, 0.2) is 0 Å². The highest BCUT2D eigenvalue weighted by molar-refractivity contribution is 5.96. The van der Waals surface area contributed by atoms with Crippen LogP contribution in [0.5, 0.6) is 0 Å². The SMILES string of the molecule is Cc1ccc(NC(=O)C2CCNCC2)cc1NC(=O)CN1CCCCC1.Cl. The van der Waals surface area contributed by atoms with Crippen LogP contribution in [0.3, 0.4) is 0 Å². The van der Waals surface area contributed by atoms with Crippen LogP contribution in [0.15, 0.2) is 18.2 Å². The van der Waals surface area contributed by atoms with Crippen LogP contribution in [-0.4, -0.2) is 49.4 Å². The summed E-state index contributed by atoms with van der Waals surface area (Å²) in [4.78, 5) is 27.0. The number of hydrogen-bond acceptors (Lipinski definition) is 4. The number of carbonyl (C=O) groups excluding carboxylic acids is 2. The molecule has 7 heteroatoms. The summed E-state index contributed by atoms with van der Waals surface area (Å²) in [5.74, 6) is 0.146. The Hall–Kier alpha value is -1.63. The quantitative estimate of drug-likeness (QED) is 0.718. The number of likely N-dealkylation sites (tertiary alicyclic amines) is 1. The third kappa shape index (κ3) is 6.48. The number of piperidine rings is 2. The van der Waals surface area contributed by atoms with E-state index in [4.69, 9.17) is 0 Å². The third-order valence-electron chi connectivity index (χ3n) is 5.31. The predicted octanol–water partition coefficient (Wildman–Crippen LogP) is 2.78. The van der Waals surface area contributed by atoms with Gasteiger partial charge < -0.3 is 16.0 Å². The Balaban J connectivity index is 0.00000261. The molecule has 2 fully saturated rings. The minimum absolute atomic E-state index is 0. The number of aryl methyl sites for hydroxylation is 1. The van der Waals surface area contributed by atoms with Crippen LogP contribution in [-0.2, 0) is 9.59 Å².